The van der Waals surface area contributed by atoms with Crippen molar-refractivity contribution in [3.63, 3.8) is 0 Å². The smallest absolute Gasteiger partial charge is 0.267 e. The second-order valence-electron chi connectivity index (χ2n) is 5.60. The Morgan fingerprint density at radius 2 is 2.00 bits per heavy atom. The van der Waals surface area contributed by atoms with E-state index in [1.54, 1.807) is 30.8 Å². The molecule has 0 unspecified atom stereocenters. The van der Waals surface area contributed by atoms with E-state index in [1.165, 1.54) is 6.08 Å². The van der Waals surface area contributed by atoms with Crippen molar-refractivity contribution in [1.29, 1.82) is 0 Å². The highest BCUT2D eigenvalue weighted by atomic mass is 16.5. The van der Waals surface area contributed by atoms with Gasteiger partial charge in [0.1, 0.15) is 5.82 Å². The quantitative estimate of drug-likeness (QED) is 0.320. The van der Waals surface area contributed by atoms with Gasteiger partial charge in [-0.1, -0.05) is 45.2 Å². The van der Waals surface area contributed by atoms with E-state index in [2.05, 4.69) is 23.5 Å². The summed E-state index contributed by atoms with van der Waals surface area (Å²) >= 11 is 0. The number of ether oxygens (including phenoxy) is 1. The number of carbonyl (C=O) groups is 1. The Kier molecular flexibility index (Phi) is 10.8. The van der Waals surface area contributed by atoms with Crippen molar-refractivity contribution in [2.45, 2.75) is 26.9 Å². The molecule has 156 valence electrons. The molecule has 29 heavy (non-hydrogen) atoms. The fraction of sp³-hybridized carbons (Fsp3) is 0.273. The molecular weight excluding hydrogens is 368 g/mol. The fourth-order valence-corrected chi connectivity index (χ4v) is 2.65. The number of carbonyl (C=O) groups excluding carboxylic acids is 1. The Morgan fingerprint density at radius 3 is 2.62 bits per heavy atom. The van der Waals surface area contributed by atoms with E-state index in [1.807, 2.05) is 42.7 Å². The van der Waals surface area contributed by atoms with E-state index in [-0.39, 0.29) is 0 Å². The van der Waals surface area contributed by atoms with Crippen LogP contribution in [0.2, 0.25) is 0 Å². The third-order valence-electron chi connectivity index (χ3n) is 3.94. The van der Waals surface area contributed by atoms with Gasteiger partial charge in [-0.25, -0.2) is 10.5 Å². The number of methoxy groups -OCH3 is 1. The number of nitrogens with one attached hydrogen (secondary N) is 2. The molecule has 1 heterocycles. The first kappa shape index (κ1) is 23.9. The summed E-state index contributed by atoms with van der Waals surface area (Å²) in [6, 6.07) is 7.54. The molecule has 0 saturated carbocycles. The first-order valence-corrected chi connectivity index (χ1v) is 9.42. The maximum Gasteiger partial charge on any atom is 0.267 e. The highest BCUT2D eigenvalue weighted by Gasteiger charge is 2.13. The van der Waals surface area contributed by atoms with Crippen LogP contribution in [0, 0.1) is 0 Å². The number of anilines is 1. The number of imidazole rings is 1. The predicted octanol–water partition coefficient (Wildman–Crippen LogP) is 3.97. The second kappa shape index (κ2) is 13.1. The van der Waals surface area contributed by atoms with E-state index < -0.39 is 5.91 Å². The standard InChI is InChI=1S/C20H24N4O3.C2H6/c1-4-16-18(5-2)24(12-13-27-3)19(22-16)14-21-17-9-7-6-8-15(17)10-11-20(25)23-26;1-2/h4-11,21,26H,1-2,12-14H2,3H3,(H,23,25);1-2H3/b11-10+;. The molecule has 2 rings (SSSR count). The van der Waals surface area contributed by atoms with Crippen molar-refractivity contribution in [1.82, 2.24) is 15.0 Å². The highest BCUT2D eigenvalue weighted by molar-refractivity contribution is 5.91. The zero-order chi connectivity index (χ0) is 21.6. The van der Waals surface area contributed by atoms with Crippen LogP contribution in [-0.2, 0) is 22.6 Å². The van der Waals surface area contributed by atoms with Gasteiger partial charge in [-0.15, -0.1) is 0 Å². The summed E-state index contributed by atoms with van der Waals surface area (Å²) in [6.07, 6.45) is 6.34. The van der Waals surface area contributed by atoms with Gasteiger partial charge in [-0.3, -0.25) is 10.0 Å². The monoisotopic (exact) mass is 398 g/mol. The Morgan fingerprint density at radius 1 is 1.28 bits per heavy atom. The molecule has 1 amide bonds. The van der Waals surface area contributed by atoms with Crippen molar-refractivity contribution < 1.29 is 14.7 Å². The minimum absolute atomic E-state index is 0.468. The van der Waals surface area contributed by atoms with Crippen molar-refractivity contribution >= 4 is 29.8 Å². The third-order valence-corrected chi connectivity index (χ3v) is 3.94. The van der Waals surface area contributed by atoms with Crippen LogP contribution in [-0.4, -0.2) is 34.4 Å². The zero-order valence-corrected chi connectivity index (χ0v) is 17.3. The number of nitrogens with zero attached hydrogens (tertiary/aromatic N) is 2. The van der Waals surface area contributed by atoms with Crippen molar-refractivity contribution in [2.24, 2.45) is 0 Å². The SMILES string of the molecule is C=Cc1nc(CNc2ccccc2/C=C/C(=O)NO)n(CCOC)c1C=C.CC. The van der Waals surface area contributed by atoms with Gasteiger partial charge < -0.3 is 14.6 Å². The minimum atomic E-state index is -0.592. The van der Waals surface area contributed by atoms with Crippen molar-refractivity contribution in [3.05, 3.63) is 66.3 Å². The summed E-state index contributed by atoms with van der Waals surface area (Å²) < 4.78 is 7.23. The van der Waals surface area contributed by atoms with Crippen LogP contribution >= 0.6 is 0 Å². The Hall–Kier alpha value is -3.16. The van der Waals surface area contributed by atoms with E-state index in [4.69, 9.17) is 9.94 Å². The number of hydrogen-bond donors (Lipinski definition) is 3. The van der Waals surface area contributed by atoms with Crippen LogP contribution in [0.15, 0.2) is 43.5 Å². The van der Waals surface area contributed by atoms with Gasteiger partial charge in [0.05, 0.1) is 24.5 Å². The molecule has 1 aromatic carbocycles. The molecular formula is C22H30N4O3. The van der Waals surface area contributed by atoms with Crippen LogP contribution < -0.4 is 10.8 Å². The Bertz CT molecular complexity index is 841. The molecule has 2 aromatic rings. The van der Waals surface area contributed by atoms with E-state index in [0.29, 0.717) is 19.7 Å². The third kappa shape index (κ3) is 6.74. The average Bonchev–Trinajstić information content (AvgIpc) is 3.12. The predicted molar refractivity (Wildman–Crippen MR) is 118 cm³/mol. The molecule has 0 radical (unpaired) electrons. The van der Waals surface area contributed by atoms with Crippen LogP contribution in [0.3, 0.4) is 0 Å². The van der Waals surface area contributed by atoms with Gasteiger partial charge in [-0.05, 0) is 29.9 Å². The molecule has 0 atom stereocenters. The van der Waals surface area contributed by atoms with Crippen LogP contribution in [0.25, 0.3) is 18.2 Å². The minimum Gasteiger partial charge on any atom is -0.383 e. The van der Waals surface area contributed by atoms with Gasteiger partial charge in [0.2, 0.25) is 0 Å². The van der Waals surface area contributed by atoms with Crippen LogP contribution in [0.4, 0.5) is 5.69 Å². The molecule has 0 aliphatic carbocycles. The molecule has 0 spiro atoms. The second-order valence-corrected chi connectivity index (χ2v) is 5.60. The molecule has 0 fully saturated rings. The highest BCUT2D eigenvalue weighted by Crippen LogP contribution is 2.20. The summed E-state index contributed by atoms with van der Waals surface area (Å²) in [5, 5.41) is 11.9. The lowest BCUT2D eigenvalue weighted by atomic mass is 10.1. The molecule has 7 nitrogen and oxygen atoms in total. The lowest BCUT2D eigenvalue weighted by Crippen LogP contribution is -2.15. The summed E-state index contributed by atoms with van der Waals surface area (Å²) in [7, 11) is 1.65. The van der Waals surface area contributed by atoms with Crippen molar-refractivity contribution in [3.8, 4) is 0 Å². The van der Waals surface area contributed by atoms with Gasteiger partial charge in [-0.2, -0.15) is 0 Å². The number of hydroxylamine groups is 1. The maximum absolute atomic E-state index is 11.2. The van der Waals surface area contributed by atoms with E-state index >= 15 is 0 Å². The van der Waals surface area contributed by atoms with Crippen LogP contribution in [0.1, 0.15) is 36.6 Å². The normalized spacial score (nSPS) is 10.2. The molecule has 0 saturated heterocycles. The number of benzene rings is 1. The lowest BCUT2D eigenvalue weighted by molar-refractivity contribution is -0.124. The number of aromatic nitrogens is 2. The lowest BCUT2D eigenvalue weighted by Gasteiger charge is -2.12. The average molecular weight is 399 g/mol. The number of amides is 1. The van der Waals surface area contributed by atoms with E-state index in [0.717, 1.165) is 28.5 Å². The molecule has 1 aromatic heterocycles. The first-order chi connectivity index (χ1) is 14.1. The van der Waals surface area contributed by atoms with E-state index in [9.17, 15) is 4.79 Å². The molecule has 3 N–H and O–H groups in total. The number of para-hydroxylation sites is 1. The first-order valence-electron chi connectivity index (χ1n) is 9.42. The fourth-order valence-electron chi connectivity index (χ4n) is 2.65. The summed E-state index contributed by atoms with van der Waals surface area (Å²) in [4.78, 5) is 15.8. The molecule has 0 aliphatic rings. The summed E-state index contributed by atoms with van der Waals surface area (Å²) in [5.41, 5.74) is 4.88. The zero-order valence-electron chi connectivity index (χ0n) is 17.3. The van der Waals surface area contributed by atoms with Gasteiger partial charge >= 0.3 is 0 Å². The number of rotatable bonds is 10. The van der Waals surface area contributed by atoms with Gasteiger partial charge in [0, 0.05) is 25.4 Å². The van der Waals surface area contributed by atoms with Crippen molar-refractivity contribution in [2.75, 3.05) is 19.0 Å². The molecule has 0 aliphatic heterocycles. The molecule has 7 heteroatoms. The van der Waals surface area contributed by atoms with Gasteiger partial charge in [0.25, 0.3) is 5.91 Å². The number of hydrogen-bond acceptors (Lipinski definition) is 5. The Labute approximate surface area is 172 Å². The topological polar surface area (TPSA) is 88.4 Å². The van der Waals surface area contributed by atoms with Gasteiger partial charge in [0.15, 0.2) is 0 Å². The largest absolute Gasteiger partial charge is 0.383 e. The Balaban J connectivity index is 0.00000204. The molecule has 0 bridgehead atoms. The summed E-state index contributed by atoms with van der Waals surface area (Å²) in [6.45, 7) is 13.3. The maximum atomic E-state index is 11.2. The summed E-state index contributed by atoms with van der Waals surface area (Å²) in [5.74, 6) is 0.231. The van der Waals surface area contributed by atoms with Crippen LogP contribution in [0.5, 0.6) is 0 Å².